The van der Waals surface area contributed by atoms with Crippen LogP contribution in [0.1, 0.15) is 245 Å². The first kappa shape index (κ1) is 62.3. The maximum atomic E-state index is 12.8. The lowest BCUT2D eigenvalue weighted by Gasteiger charge is -2.18. The normalized spacial score (nSPS) is 12.8. The molecule has 66 heavy (non-hydrogen) atoms. The largest absolute Gasteiger partial charge is 0.462 e. The van der Waals surface area contributed by atoms with Crippen LogP contribution in [0.3, 0.4) is 0 Å². The first-order valence-electron chi connectivity index (χ1n) is 27.3. The van der Waals surface area contributed by atoms with E-state index >= 15 is 0 Å². The summed E-state index contributed by atoms with van der Waals surface area (Å²) in [5.74, 6) is -0.949. The second-order valence-electron chi connectivity index (χ2n) is 17.9. The van der Waals surface area contributed by atoms with Crippen molar-refractivity contribution in [2.75, 3.05) is 13.2 Å². The second kappa shape index (κ2) is 53.9. The highest BCUT2D eigenvalue weighted by atomic mass is 16.6. The highest BCUT2D eigenvalue weighted by Gasteiger charge is 2.19. The average Bonchev–Trinajstić information content (AvgIpc) is 3.31. The van der Waals surface area contributed by atoms with Crippen molar-refractivity contribution >= 4 is 17.9 Å². The standard InChI is InChI=1S/C60H100O6/c1-4-7-10-13-16-19-22-24-26-28-30-32-33-35-38-41-44-47-50-53-59(62)65-56-57(55-64-58(61)52-49-46-43-40-37-21-18-15-12-9-6-3)66-60(63)54-51-48-45-42-39-36-34-31-29-27-25-23-20-17-14-11-8-5-2/h7,10,13,16,19,22,24,26,28,30-35,38,57H,4-6,8-9,11-12,14-15,17-18,20-21,23,25,27,29,36-37,39-56H2,1-3H3/b10-7-,16-13-,22-19-,26-24-,30-28+,33-32-,34-31-,38-35-. The predicted molar refractivity (Wildman–Crippen MR) is 284 cm³/mol. The first-order chi connectivity index (χ1) is 32.5. The number of rotatable bonds is 48. The molecule has 0 amide bonds. The Bertz CT molecular complexity index is 1330. The minimum Gasteiger partial charge on any atom is -0.462 e. The molecule has 0 heterocycles. The highest BCUT2D eigenvalue weighted by Crippen LogP contribution is 2.15. The predicted octanol–water partition coefficient (Wildman–Crippen LogP) is 18.1. The van der Waals surface area contributed by atoms with Crippen molar-refractivity contribution in [2.45, 2.75) is 252 Å². The van der Waals surface area contributed by atoms with Crippen LogP contribution in [0, 0.1) is 0 Å². The average molecular weight is 917 g/mol. The summed E-state index contributed by atoms with van der Waals surface area (Å²) in [5.41, 5.74) is 0. The van der Waals surface area contributed by atoms with E-state index in [1.54, 1.807) is 0 Å². The lowest BCUT2D eigenvalue weighted by Crippen LogP contribution is -2.30. The maximum absolute atomic E-state index is 12.8. The fraction of sp³-hybridized carbons (Fsp3) is 0.683. The van der Waals surface area contributed by atoms with Gasteiger partial charge in [-0.1, -0.05) is 259 Å². The zero-order chi connectivity index (χ0) is 47.9. The molecule has 1 atom stereocenters. The van der Waals surface area contributed by atoms with E-state index in [0.29, 0.717) is 19.3 Å². The molecule has 0 aliphatic heterocycles. The minimum absolute atomic E-state index is 0.0949. The van der Waals surface area contributed by atoms with Crippen molar-refractivity contribution in [1.82, 2.24) is 0 Å². The molecule has 0 spiro atoms. The van der Waals surface area contributed by atoms with Crippen LogP contribution >= 0.6 is 0 Å². The molecule has 6 nitrogen and oxygen atoms in total. The zero-order valence-corrected chi connectivity index (χ0v) is 42.9. The third-order valence-corrected chi connectivity index (χ3v) is 11.5. The number of unbranched alkanes of at least 4 members (excludes halogenated alkanes) is 27. The summed E-state index contributed by atoms with van der Waals surface area (Å²) in [6, 6.07) is 0. The number of esters is 3. The van der Waals surface area contributed by atoms with E-state index in [1.165, 1.54) is 122 Å². The van der Waals surface area contributed by atoms with Crippen LogP contribution in [-0.4, -0.2) is 37.2 Å². The molecule has 0 aromatic carbocycles. The van der Waals surface area contributed by atoms with Crippen molar-refractivity contribution in [3.8, 4) is 0 Å². The minimum atomic E-state index is -0.800. The summed E-state index contributed by atoms with van der Waals surface area (Å²) >= 11 is 0. The van der Waals surface area contributed by atoms with Crippen LogP contribution in [0.5, 0.6) is 0 Å². The molecular formula is C60H100O6. The van der Waals surface area contributed by atoms with E-state index in [-0.39, 0.29) is 31.1 Å². The van der Waals surface area contributed by atoms with Crippen molar-refractivity contribution in [1.29, 1.82) is 0 Å². The second-order valence-corrected chi connectivity index (χ2v) is 17.9. The van der Waals surface area contributed by atoms with Gasteiger partial charge in [-0.15, -0.1) is 0 Å². The molecule has 1 unspecified atom stereocenters. The Morgan fingerprint density at radius 1 is 0.318 bits per heavy atom. The smallest absolute Gasteiger partial charge is 0.306 e. The monoisotopic (exact) mass is 917 g/mol. The van der Waals surface area contributed by atoms with Gasteiger partial charge in [0.1, 0.15) is 13.2 Å². The Kier molecular flexibility index (Phi) is 50.9. The van der Waals surface area contributed by atoms with Crippen LogP contribution < -0.4 is 0 Å². The van der Waals surface area contributed by atoms with Crippen LogP contribution in [0.4, 0.5) is 0 Å². The SMILES string of the molecule is CC\C=C/C=C\C=C/C=C\C=C\C=C/C=C\CCCCCC(=O)OCC(COC(=O)CCCCCCCCCCCCC)OC(=O)CCCCCCC/C=C\CCCCCCCCCCC. The lowest BCUT2D eigenvalue weighted by atomic mass is 10.1. The van der Waals surface area contributed by atoms with E-state index in [9.17, 15) is 14.4 Å². The van der Waals surface area contributed by atoms with Gasteiger partial charge in [0, 0.05) is 19.3 Å². The van der Waals surface area contributed by atoms with Gasteiger partial charge in [-0.2, -0.15) is 0 Å². The Morgan fingerprint density at radius 2 is 0.606 bits per heavy atom. The maximum Gasteiger partial charge on any atom is 0.306 e. The van der Waals surface area contributed by atoms with Crippen molar-refractivity contribution in [3.05, 3.63) is 97.2 Å². The van der Waals surface area contributed by atoms with E-state index in [4.69, 9.17) is 14.2 Å². The zero-order valence-electron chi connectivity index (χ0n) is 42.9. The van der Waals surface area contributed by atoms with Gasteiger partial charge in [0.05, 0.1) is 0 Å². The van der Waals surface area contributed by atoms with E-state index < -0.39 is 6.10 Å². The molecular weight excluding hydrogens is 817 g/mol. The van der Waals surface area contributed by atoms with Crippen molar-refractivity contribution in [3.63, 3.8) is 0 Å². The van der Waals surface area contributed by atoms with Crippen LogP contribution in [0.25, 0.3) is 0 Å². The summed E-state index contributed by atoms with van der Waals surface area (Å²) in [5, 5.41) is 0. The summed E-state index contributed by atoms with van der Waals surface area (Å²) in [6.45, 7) is 6.44. The first-order valence-corrected chi connectivity index (χ1v) is 27.3. The number of hydrogen-bond donors (Lipinski definition) is 0. The van der Waals surface area contributed by atoms with E-state index in [2.05, 4.69) is 45.1 Å². The third-order valence-electron chi connectivity index (χ3n) is 11.5. The Morgan fingerprint density at radius 3 is 0.985 bits per heavy atom. The molecule has 6 heteroatoms. The molecule has 0 aromatic rings. The number of ether oxygens (including phenoxy) is 3. The number of allylic oxidation sites excluding steroid dienone is 16. The van der Waals surface area contributed by atoms with Gasteiger partial charge in [-0.05, 0) is 64.2 Å². The molecule has 0 aromatic heterocycles. The molecule has 0 fully saturated rings. The summed E-state index contributed by atoms with van der Waals surface area (Å²) in [7, 11) is 0. The molecule has 0 N–H and O–H groups in total. The van der Waals surface area contributed by atoms with Gasteiger partial charge >= 0.3 is 17.9 Å². The quantitative estimate of drug-likeness (QED) is 0.0199. The molecule has 0 aliphatic rings. The van der Waals surface area contributed by atoms with Crippen LogP contribution in [-0.2, 0) is 28.6 Å². The fourth-order valence-corrected chi connectivity index (χ4v) is 7.42. The van der Waals surface area contributed by atoms with Gasteiger partial charge in [-0.25, -0.2) is 0 Å². The van der Waals surface area contributed by atoms with Crippen LogP contribution in [0.15, 0.2) is 97.2 Å². The Balaban J connectivity index is 4.47. The summed E-state index contributed by atoms with van der Waals surface area (Å²) in [6.07, 6.45) is 71.0. The molecule has 0 bridgehead atoms. The molecule has 0 rings (SSSR count). The number of carbonyl (C=O) groups excluding carboxylic acids is 3. The number of hydrogen-bond acceptors (Lipinski definition) is 6. The molecule has 376 valence electrons. The van der Waals surface area contributed by atoms with E-state index in [1.807, 2.05) is 72.9 Å². The van der Waals surface area contributed by atoms with Gasteiger partial charge in [-0.3, -0.25) is 14.4 Å². The topological polar surface area (TPSA) is 78.9 Å². The fourth-order valence-electron chi connectivity index (χ4n) is 7.42. The molecule has 0 aliphatic carbocycles. The summed E-state index contributed by atoms with van der Waals surface area (Å²) in [4.78, 5) is 38.0. The third kappa shape index (κ3) is 51.3. The number of carbonyl (C=O) groups is 3. The van der Waals surface area contributed by atoms with Crippen molar-refractivity contribution < 1.29 is 28.6 Å². The van der Waals surface area contributed by atoms with Gasteiger partial charge in [0.2, 0.25) is 0 Å². The Labute approximate surface area is 407 Å². The van der Waals surface area contributed by atoms with Crippen molar-refractivity contribution in [2.24, 2.45) is 0 Å². The summed E-state index contributed by atoms with van der Waals surface area (Å²) < 4.78 is 16.8. The van der Waals surface area contributed by atoms with Gasteiger partial charge in [0.25, 0.3) is 0 Å². The molecule has 0 saturated heterocycles. The molecule has 0 saturated carbocycles. The highest BCUT2D eigenvalue weighted by molar-refractivity contribution is 5.71. The lowest BCUT2D eigenvalue weighted by molar-refractivity contribution is -0.167. The van der Waals surface area contributed by atoms with Gasteiger partial charge < -0.3 is 14.2 Å². The Hall–Kier alpha value is -3.67. The molecule has 0 radical (unpaired) electrons. The van der Waals surface area contributed by atoms with Crippen LogP contribution in [0.2, 0.25) is 0 Å². The van der Waals surface area contributed by atoms with Gasteiger partial charge in [0.15, 0.2) is 6.10 Å². The van der Waals surface area contributed by atoms with E-state index in [0.717, 1.165) is 83.5 Å².